The number of aromatic nitrogens is 2. The van der Waals surface area contributed by atoms with E-state index in [2.05, 4.69) is 39.5 Å². The number of nitrogens with zero attached hydrogens (tertiary/aromatic N) is 4. The number of anilines is 1. The number of benzene rings is 2. The molecule has 7 nitrogen and oxygen atoms in total. The molecule has 0 aliphatic heterocycles. The molecule has 11 heteroatoms. The van der Waals surface area contributed by atoms with E-state index in [0.717, 1.165) is 33.7 Å². The molecule has 1 aromatic heterocycles. The first-order valence-corrected chi connectivity index (χ1v) is 13.4. The van der Waals surface area contributed by atoms with Crippen LogP contribution in [0.25, 0.3) is 0 Å². The van der Waals surface area contributed by atoms with Gasteiger partial charge in [-0.05, 0) is 37.6 Å². The number of hydrazone groups is 1. The van der Waals surface area contributed by atoms with Crippen molar-refractivity contribution in [1.29, 1.82) is 0 Å². The van der Waals surface area contributed by atoms with Crippen LogP contribution in [0.15, 0.2) is 56.2 Å². The second kappa shape index (κ2) is 12.8. The van der Waals surface area contributed by atoms with Gasteiger partial charge in [0.25, 0.3) is 5.91 Å². The van der Waals surface area contributed by atoms with Gasteiger partial charge < -0.3 is 10.0 Å². The van der Waals surface area contributed by atoms with E-state index in [4.69, 9.17) is 11.6 Å². The first-order chi connectivity index (χ1) is 16.0. The molecule has 0 aliphatic rings. The lowest BCUT2D eigenvalue weighted by molar-refractivity contribution is -0.118. The van der Waals surface area contributed by atoms with Crippen molar-refractivity contribution in [3.8, 4) is 5.75 Å². The van der Waals surface area contributed by atoms with Crippen LogP contribution in [0.1, 0.15) is 25.0 Å². The number of hydrogen-bond acceptors (Lipinski definition) is 9. The van der Waals surface area contributed by atoms with Crippen LogP contribution in [0.3, 0.4) is 0 Å². The molecule has 33 heavy (non-hydrogen) atoms. The molecule has 1 heterocycles. The number of phenols is 1. The Labute approximate surface area is 210 Å². The Morgan fingerprint density at radius 3 is 2.61 bits per heavy atom. The second-order valence-electron chi connectivity index (χ2n) is 6.71. The summed E-state index contributed by atoms with van der Waals surface area (Å²) in [5.41, 5.74) is 4.99. The van der Waals surface area contributed by atoms with Gasteiger partial charge in [-0.15, -0.1) is 10.2 Å². The normalized spacial score (nSPS) is 11.1. The average Bonchev–Trinajstić information content (AvgIpc) is 3.27. The fourth-order valence-corrected chi connectivity index (χ4v) is 5.93. The molecule has 1 amide bonds. The maximum atomic E-state index is 12.1. The zero-order valence-electron chi connectivity index (χ0n) is 18.2. The van der Waals surface area contributed by atoms with E-state index in [1.165, 1.54) is 29.3 Å². The summed E-state index contributed by atoms with van der Waals surface area (Å²) in [6.45, 7) is 5.83. The van der Waals surface area contributed by atoms with Gasteiger partial charge in [0.05, 0.1) is 12.0 Å². The fourth-order valence-electron chi connectivity index (χ4n) is 2.83. The Balaban J connectivity index is 1.44. The molecule has 0 saturated carbocycles. The van der Waals surface area contributed by atoms with Crippen LogP contribution in [-0.4, -0.2) is 46.3 Å². The highest BCUT2D eigenvalue weighted by atomic mass is 35.5. The van der Waals surface area contributed by atoms with E-state index >= 15 is 0 Å². The van der Waals surface area contributed by atoms with Crippen molar-refractivity contribution in [2.75, 3.05) is 23.7 Å². The first kappa shape index (κ1) is 25.4. The Morgan fingerprint density at radius 2 is 1.91 bits per heavy atom. The van der Waals surface area contributed by atoms with Gasteiger partial charge in [0, 0.05) is 41.2 Å². The molecule has 2 aromatic carbocycles. The maximum absolute atomic E-state index is 12.1. The Morgan fingerprint density at radius 1 is 1.18 bits per heavy atom. The number of rotatable bonds is 11. The molecule has 0 fully saturated rings. The van der Waals surface area contributed by atoms with Gasteiger partial charge in [-0.3, -0.25) is 4.79 Å². The topological polar surface area (TPSA) is 90.7 Å². The minimum Gasteiger partial charge on any atom is -0.507 e. The lowest BCUT2D eigenvalue weighted by atomic mass is 10.2. The molecule has 0 saturated heterocycles. The van der Waals surface area contributed by atoms with Crippen molar-refractivity contribution in [1.82, 2.24) is 15.6 Å². The fraction of sp³-hybridized carbons (Fsp3) is 0.273. The standard InChI is InChI=1S/C22H24ClN5O2S3/c1-3-28(4-2)17-10-9-15(19(29)11-17)12-24-25-20(30)14-32-22-27-26-21(33-22)31-13-16-7-5-6-8-18(16)23/h5-12,29H,3-4,13-14H2,1-2H3,(H,25,30)/b24-12-. The smallest absolute Gasteiger partial charge is 0.250 e. The van der Waals surface area contributed by atoms with Crippen LogP contribution in [0.2, 0.25) is 5.02 Å². The van der Waals surface area contributed by atoms with E-state index in [-0.39, 0.29) is 17.4 Å². The highest BCUT2D eigenvalue weighted by Gasteiger charge is 2.10. The summed E-state index contributed by atoms with van der Waals surface area (Å²) >= 11 is 10.5. The zero-order valence-corrected chi connectivity index (χ0v) is 21.4. The number of carbonyl (C=O) groups excluding carboxylic acids is 1. The second-order valence-corrected chi connectivity index (χ2v) is 10.5. The molecule has 0 atom stereocenters. The molecule has 0 spiro atoms. The van der Waals surface area contributed by atoms with Crippen molar-refractivity contribution in [3.05, 3.63) is 58.6 Å². The third-order valence-corrected chi connectivity index (χ3v) is 8.17. The minimum absolute atomic E-state index is 0.113. The van der Waals surface area contributed by atoms with Gasteiger partial charge in [-0.1, -0.05) is 64.7 Å². The van der Waals surface area contributed by atoms with E-state index in [1.54, 1.807) is 23.9 Å². The lowest BCUT2D eigenvalue weighted by Crippen LogP contribution is -2.21. The van der Waals surface area contributed by atoms with E-state index in [0.29, 0.717) is 15.7 Å². The van der Waals surface area contributed by atoms with Crippen molar-refractivity contribution in [3.63, 3.8) is 0 Å². The quantitative estimate of drug-likeness (QED) is 0.201. The molecule has 174 valence electrons. The van der Waals surface area contributed by atoms with Gasteiger partial charge in [0.15, 0.2) is 8.68 Å². The van der Waals surface area contributed by atoms with Gasteiger partial charge in [-0.25, -0.2) is 5.43 Å². The largest absolute Gasteiger partial charge is 0.507 e. The van der Waals surface area contributed by atoms with Gasteiger partial charge in [0.2, 0.25) is 0 Å². The van der Waals surface area contributed by atoms with Crippen LogP contribution in [0.5, 0.6) is 5.75 Å². The van der Waals surface area contributed by atoms with Crippen molar-refractivity contribution in [2.24, 2.45) is 5.10 Å². The average molecular weight is 522 g/mol. The summed E-state index contributed by atoms with van der Waals surface area (Å²) < 4.78 is 1.53. The van der Waals surface area contributed by atoms with Crippen molar-refractivity contribution >= 4 is 64.3 Å². The number of aromatic hydroxyl groups is 1. The number of halogens is 1. The lowest BCUT2D eigenvalue weighted by Gasteiger charge is -2.21. The van der Waals surface area contributed by atoms with E-state index in [1.807, 2.05) is 30.3 Å². The Bertz CT molecular complexity index is 1110. The van der Waals surface area contributed by atoms with E-state index < -0.39 is 0 Å². The van der Waals surface area contributed by atoms with Crippen LogP contribution in [0.4, 0.5) is 5.69 Å². The summed E-state index contributed by atoms with van der Waals surface area (Å²) in [4.78, 5) is 14.2. The molecule has 0 radical (unpaired) electrons. The molecule has 0 unspecified atom stereocenters. The Kier molecular flexibility index (Phi) is 9.86. The van der Waals surface area contributed by atoms with Crippen molar-refractivity contribution in [2.45, 2.75) is 28.3 Å². The number of amides is 1. The SMILES string of the molecule is CCN(CC)c1ccc(/C=N\NC(=O)CSc2nnc(SCc3ccccc3Cl)s2)c(O)c1. The van der Waals surface area contributed by atoms with Crippen LogP contribution >= 0.6 is 46.5 Å². The summed E-state index contributed by atoms with van der Waals surface area (Å²) in [7, 11) is 0. The molecular weight excluding hydrogens is 498 g/mol. The molecule has 2 N–H and O–H groups in total. The maximum Gasteiger partial charge on any atom is 0.250 e. The number of phenolic OH excluding ortho intramolecular Hbond substituents is 1. The van der Waals surface area contributed by atoms with Crippen LogP contribution in [0, 0.1) is 0 Å². The minimum atomic E-state index is -0.268. The molecule has 0 bridgehead atoms. The monoisotopic (exact) mass is 521 g/mol. The van der Waals surface area contributed by atoms with Gasteiger partial charge in [0.1, 0.15) is 5.75 Å². The molecule has 0 aliphatic carbocycles. The molecular formula is C22H24ClN5O2S3. The van der Waals surface area contributed by atoms with Crippen molar-refractivity contribution < 1.29 is 9.90 Å². The third-order valence-electron chi connectivity index (χ3n) is 4.56. The van der Waals surface area contributed by atoms with Gasteiger partial charge >= 0.3 is 0 Å². The summed E-state index contributed by atoms with van der Waals surface area (Å²) in [6, 6.07) is 13.1. The first-order valence-electron chi connectivity index (χ1n) is 10.2. The van der Waals surface area contributed by atoms with E-state index in [9.17, 15) is 9.90 Å². The number of carbonyl (C=O) groups is 1. The molecule has 3 rings (SSSR count). The zero-order chi connectivity index (χ0) is 23.6. The van der Waals surface area contributed by atoms with Gasteiger partial charge in [-0.2, -0.15) is 5.10 Å². The predicted molar refractivity (Wildman–Crippen MR) is 139 cm³/mol. The predicted octanol–water partition coefficient (Wildman–Crippen LogP) is 5.28. The van der Waals surface area contributed by atoms with Crippen LogP contribution in [-0.2, 0) is 10.5 Å². The number of nitrogens with one attached hydrogen (secondary N) is 1. The highest BCUT2D eigenvalue weighted by Crippen LogP contribution is 2.32. The van der Waals surface area contributed by atoms with Crippen LogP contribution < -0.4 is 10.3 Å². The summed E-state index contributed by atoms with van der Waals surface area (Å²) in [5, 5.41) is 23.2. The summed E-state index contributed by atoms with van der Waals surface area (Å²) in [5.74, 6) is 0.712. The Hall–Kier alpha value is -2.27. The third kappa shape index (κ3) is 7.63. The number of thioether (sulfide) groups is 2. The number of hydrogen-bond donors (Lipinski definition) is 2. The molecule has 3 aromatic rings. The highest BCUT2D eigenvalue weighted by molar-refractivity contribution is 8.03. The summed E-state index contributed by atoms with van der Waals surface area (Å²) in [6.07, 6.45) is 1.43.